The number of aliphatic carboxylic acids is 1. The number of carboxylic acid groups (broad SMARTS) is 1. The largest absolute Gasteiger partial charge is 0.481 e. The van der Waals surface area contributed by atoms with Gasteiger partial charge >= 0.3 is 12.1 Å². The molecule has 2 amide bonds. The third kappa shape index (κ3) is 5.41. The molecule has 0 radical (unpaired) electrons. The summed E-state index contributed by atoms with van der Waals surface area (Å²) in [5.74, 6) is -0.765. The second-order valence-electron chi connectivity index (χ2n) is 9.97. The first kappa shape index (κ1) is 23.8. The average molecular weight is 465 g/mol. The number of fused-ring (bicyclic) bond motifs is 3. The zero-order valence-corrected chi connectivity index (χ0v) is 19.7. The van der Waals surface area contributed by atoms with E-state index in [2.05, 4.69) is 34.9 Å². The summed E-state index contributed by atoms with van der Waals surface area (Å²) in [6.45, 7) is 4.16. The van der Waals surface area contributed by atoms with Crippen molar-refractivity contribution in [2.75, 3.05) is 19.7 Å². The molecule has 0 aromatic heterocycles. The smallest absolute Gasteiger partial charge is 0.407 e. The highest BCUT2D eigenvalue weighted by Gasteiger charge is 2.35. The lowest BCUT2D eigenvalue weighted by atomic mass is 9.91. The number of ether oxygens (including phenoxy) is 1. The van der Waals surface area contributed by atoms with Crippen molar-refractivity contribution in [3.05, 3.63) is 59.7 Å². The Bertz CT molecular complexity index is 1030. The van der Waals surface area contributed by atoms with E-state index in [1.807, 2.05) is 24.3 Å². The Morgan fingerprint density at radius 3 is 2.15 bits per heavy atom. The lowest BCUT2D eigenvalue weighted by Gasteiger charge is -2.25. The molecular formula is C27H32N2O5. The van der Waals surface area contributed by atoms with Crippen LogP contribution in [0.3, 0.4) is 0 Å². The van der Waals surface area contributed by atoms with Gasteiger partial charge < -0.3 is 20.5 Å². The molecule has 2 aromatic rings. The molecule has 1 unspecified atom stereocenters. The van der Waals surface area contributed by atoms with Crippen molar-refractivity contribution in [1.29, 1.82) is 0 Å². The van der Waals surface area contributed by atoms with Crippen LogP contribution < -0.4 is 10.6 Å². The fourth-order valence-corrected chi connectivity index (χ4v) is 4.68. The van der Waals surface area contributed by atoms with Gasteiger partial charge in [0.05, 0.1) is 11.8 Å². The fraction of sp³-hybridized carbons (Fsp3) is 0.444. The molecule has 0 heterocycles. The zero-order chi connectivity index (χ0) is 24.3. The molecule has 3 N–H and O–H groups in total. The second kappa shape index (κ2) is 9.87. The van der Waals surface area contributed by atoms with E-state index in [0.717, 1.165) is 35.1 Å². The summed E-state index contributed by atoms with van der Waals surface area (Å²) >= 11 is 0. The number of rotatable bonds is 10. The maximum absolute atomic E-state index is 12.7. The second-order valence-corrected chi connectivity index (χ2v) is 9.97. The van der Waals surface area contributed by atoms with Gasteiger partial charge in [-0.05, 0) is 60.8 Å². The van der Waals surface area contributed by atoms with Crippen LogP contribution in [0, 0.1) is 17.3 Å². The van der Waals surface area contributed by atoms with Gasteiger partial charge in [0.25, 0.3) is 0 Å². The highest BCUT2D eigenvalue weighted by atomic mass is 16.5. The molecule has 34 heavy (non-hydrogen) atoms. The Morgan fingerprint density at radius 2 is 1.59 bits per heavy atom. The van der Waals surface area contributed by atoms with Crippen molar-refractivity contribution in [3.8, 4) is 11.1 Å². The van der Waals surface area contributed by atoms with E-state index >= 15 is 0 Å². The van der Waals surface area contributed by atoms with Crippen LogP contribution in [0.25, 0.3) is 11.1 Å². The van der Waals surface area contributed by atoms with E-state index in [-0.39, 0.29) is 37.3 Å². The molecule has 1 saturated carbocycles. The average Bonchev–Trinajstić information content (AvgIpc) is 3.61. The third-order valence-electron chi connectivity index (χ3n) is 6.88. The standard InChI is InChI=1S/C27H32N2O5/c1-27(2,25(32)28-14-18(13-24(30)31)17-11-12-17)16-29-26(33)34-15-23-21-9-5-3-7-19(21)20-8-4-6-10-22(20)23/h3-10,17-18,23H,11-16H2,1-2H3,(H,28,32)(H,29,33)(H,30,31). The van der Waals surface area contributed by atoms with E-state index in [1.54, 1.807) is 13.8 Å². The van der Waals surface area contributed by atoms with Crippen molar-refractivity contribution in [2.45, 2.75) is 39.0 Å². The minimum Gasteiger partial charge on any atom is -0.481 e. The quantitative estimate of drug-likeness (QED) is 0.490. The molecule has 2 aliphatic carbocycles. The minimum absolute atomic E-state index is 0.0250. The number of alkyl carbamates (subject to hydrolysis) is 1. The molecule has 0 saturated heterocycles. The molecule has 2 aliphatic rings. The van der Waals surface area contributed by atoms with Crippen molar-refractivity contribution in [1.82, 2.24) is 10.6 Å². The number of nitrogens with one attached hydrogen (secondary N) is 2. The lowest BCUT2D eigenvalue weighted by Crippen LogP contribution is -2.46. The maximum atomic E-state index is 12.7. The van der Waals surface area contributed by atoms with Gasteiger partial charge in [0.1, 0.15) is 6.61 Å². The molecule has 0 spiro atoms. The Morgan fingerprint density at radius 1 is 1.00 bits per heavy atom. The molecule has 0 aliphatic heterocycles. The van der Waals surface area contributed by atoms with Gasteiger partial charge in [0.2, 0.25) is 5.91 Å². The van der Waals surface area contributed by atoms with E-state index in [1.165, 1.54) is 0 Å². The van der Waals surface area contributed by atoms with Gasteiger partial charge in [-0.25, -0.2) is 4.79 Å². The number of carbonyl (C=O) groups is 3. The van der Waals surface area contributed by atoms with Crippen LogP contribution in [0.5, 0.6) is 0 Å². The molecule has 2 aromatic carbocycles. The summed E-state index contributed by atoms with van der Waals surface area (Å²) in [6, 6.07) is 16.3. The van der Waals surface area contributed by atoms with Crippen molar-refractivity contribution < 1.29 is 24.2 Å². The minimum atomic E-state index is -0.858. The molecule has 0 bridgehead atoms. The Labute approximate surface area is 199 Å². The van der Waals surface area contributed by atoms with Crippen molar-refractivity contribution in [2.24, 2.45) is 17.3 Å². The van der Waals surface area contributed by atoms with Crippen molar-refractivity contribution >= 4 is 18.0 Å². The van der Waals surface area contributed by atoms with E-state index in [0.29, 0.717) is 12.5 Å². The number of hydrogen-bond donors (Lipinski definition) is 3. The first-order chi connectivity index (χ1) is 16.3. The van der Waals surface area contributed by atoms with Crippen LogP contribution >= 0.6 is 0 Å². The predicted octanol–water partition coefficient (Wildman–Crippen LogP) is 4.17. The summed E-state index contributed by atoms with van der Waals surface area (Å²) in [4.78, 5) is 36.2. The van der Waals surface area contributed by atoms with E-state index in [9.17, 15) is 14.4 Å². The van der Waals surface area contributed by atoms with Gasteiger partial charge in [-0.1, -0.05) is 48.5 Å². The number of amides is 2. The molecule has 1 fully saturated rings. The summed E-state index contributed by atoms with van der Waals surface area (Å²) in [5, 5.41) is 14.7. The molecule has 180 valence electrons. The summed E-state index contributed by atoms with van der Waals surface area (Å²) in [5.41, 5.74) is 3.75. The van der Waals surface area contributed by atoms with E-state index in [4.69, 9.17) is 9.84 Å². The van der Waals surface area contributed by atoms with Crippen LogP contribution in [0.15, 0.2) is 48.5 Å². The molecular weight excluding hydrogens is 432 g/mol. The number of carboxylic acids is 1. The predicted molar refractivity (Wildman–Crippen MR) is 128 cm³/mol. The summed E-state index contributed by atoms with van der Waals surface area (Å²) in [6.07, 6.45) is 1.52. The first-order valence-corrected chi connectivity index (χ1v) is 11.8. The fourth-order valence-electron chi connectivity index (χ4n) is 4.68. The van der Waals surface area contributed by atoms with Gasteiger partial charge in [0.15, 0.2) is 0 Å². The Hall–Kier alpha value is -3.35. The van der Waals surface area contributed by atoms with Gasteiger partial charge in [-0.15, -0.1) is 0 Å². The Kier molecular flexibility index (Phi) is 6.91. The maximum Gasteiger partial charge on any atom is 0.407 e. The number of benzene rings is 2. The molecule has 1 atom stereocenters. The van der Waals surface area contributed by atoms with E-state index < -0.39 is 17.5 Å². The molecule has 4 rings (SSSR count). The van der Waals surface area contributed by atoms with Crippen molar-refractivity contribution in [3.63, 3.8) is 0 Å². The SMILES string of the molecule is CC(C)(CNC(=O)OCC1c2ccccc2-c2ccccc21)C(=O)NCC(CC(=O)O)C1CC1. The highest BCUT2D eigenvalue weighted by Crippen LogP contribution is 2.44. The number of hydrogen-bond acceptors (Lipinski definition) is 4. The van der Waals surface area contributed by atoms with Crippen LogP contribution in [0.4, 0.5) is 4.79 Å². The topological polar surface area (TPSA) is 105 Å². The zero-order valence-electron chi connectivity index (χ0n) is 19.7. The third-order valence-corrected chi connectivity index (χ3v) is 6.88. The monoisotopic (exact) mass is 464 g/mol. The Balaban J connectivity index is 1.27. The molecule has 7 nitrogen and oxygen atoms in total. The van der Waals surface area contributed by atoms with Crippen LogP contribution in [-0.2, 0) is 14.3 Å². The first-order valence-electron chi connectivity index (χ1n) is 11.8. The van der Waals surface area contributed by atoms with Gasteiger partial charge in [-0.3, -0.25) is 9.59 Å². The highest BCUT2D eigenvalue weighted by molar-refractivity contribution is 5.83. The molecule has 7 heteroatoms. The summed E-state index contributed by atoms with van der Waals surface area (Å²) in [7, 11) is 0. The van der Waals surface area contributed by atoms with Gasteiger partial charge in [-0.2, -0.15) is 0 Å². The van der Waals surface area contributed by atoms with Crippen LogP contribution in [-0.4, -0.2) is 42.8 Å². The lowest BCUT2D eigenvalue weighted by molar-refractivity contribution is -0.138. The van der Waals surface area contributed by atoms with Crippen LogP contribution in [0.1, 0.15) is 50.2 Å². The summed E-state index contributed by atoms with van der Waals surface area (Å²) < 4.78 is 5.55. The number of carbonyl (C=O) groups excluding carboxylic acids is 2. The van der Waals surface area contributed by atoms with Gasteiger partial charge in [0, 0.05) is 19.0 Å². The normalized spacial score (nSPS) is 15.7. The van der Waals surface area contributed by atoms with Crippen LogP contribution in [0.2, 0.25) is 0 Å².